The Kier molecular flexibility index (Phi) is 7.80. The Morgan fingerprint density at radius 3 is 1.48 bits per heavy atom. The molecule has 0 N–H and O–H groups in total. The van der Waals surface area contributed by atoms with Crippen LogP contribution in [0.3, 0.4) is 0 Å². The van der Waals surface area contributed by atoms with Crippen molar-refractivity contribution in [3.05, 3.63) is 221 Å². The van der Waals surface area contributed by atoms with Crippen molar-refractivity contribution in [3.63, 3.8) is 0 Å². The molecule has 0 amide bonds. The van der Waals surface area contributed by atoms with Gasteiger partial charge in [0.15, 0.2) is 0 Å². The van der Waals surface area contributed by atoms with Gasteiger partial charge in [-0.25, -0.2) is 0 Å². The average Bonchev–Trinajstić information content (AvgIpc) is 3.96. The maximum Gasteiger partial charge on any atom is 0.136 e. The molecule has 0 saturated carbocycles. The lowest BCUT2D eigenvalue weighted by Crippen LogP contribution is -2.18. The van der Waals surface area contributed by atoms with E-state index in [0.717, 1.165) is 50.1 Å². The molecule has 10 aromatic rings. The highest BCUT2D eigenvalue weighted by Gasteiger charge is 2.42. The van der Waals surface area contributed by atoms with Crippen molar-refractivity contribution in [2.75, 3.05) is 4.90 Å². The van der Waals surface area contributed by atoms with Crippen LogP contribution in [-0.2, 0) is 16.2 Å². The van der Waals surface area contributed by atoms with Crippen molar-refractivity contribution in [2.24, 2.45) is 0 Å². The molecule has 2 heteroatoms. The molecular formula is C63H49NO. The summed E-state index contributed by atoms with van der Waals surface area (Å²) in [4.78, 5) is 2.47. The molecular weight excluding hydrogens is 787 g/mol. The van der Waals surface area contributed by atoms with Gasteiger partial charge in [-0.15, -0.1) is 0 Å². The maximum absolute atomic E-state index is 6.31. The van der Waals surface area contributed by atoms with E-state index in [2.05, 4.69) is 222 Å². The van der Waals surface area contributed by atoms with E-state index in [1.54, 1.807) is 0 Å². The summed E-state index contributed by atoms with van der Waals surface area (Å²) < 4.78 is 6.31. The average molecular weight is 836 g/mol. The van der Waals surface area contributed by atoms with Gasteiger partial charge in [0.05, 0.1) is 0 Å². The summed E-state index contributed by atoms with van der Waals surface area (Å²) >= 11 is 0. The lowest BCUT2D eigenvalue weighted by atomic mass is 9.79. The van der Waals surface area contributed by atoms with Crippen LogP contribution in [0.2, 0.25) is 0 Å². The van der Waals surface area contributed by atoms with E-state index in [0.29, 0.717) is 0 Å². The fraction of sp³-hybridized carbons (Fsp3) is 0.143. The van der Waals surface area contributed by atoms with Gasteiger partial charge in [0.25, 0.3) is 0 Å². The van der Waals surface area contributed by atoms with E-state index in [4.69, 9.17) is 4.42 Å². The maximum atomic E-state index is 6.31. The molecule has 1 heterocycles. The molecule has 0 spiro atoms. The van der Waals surface area contributed by atoms with Crippen molar-refractivity contribution in [3.8, 4) is 55.6 Å². The first-order valence-corrected chi connectivity index (χ1v) is 23.1. The number of furan rings is 1. The highest BCUT2D eigenvalue weighted by molar-refractivity contribution is 6.06. The quantitative estimate of drug-likeness (QED) is 0.172. The predicted octanol–water partition coefficient (Wildman–Crippen LogP) is 17.3. The highest BCUT2D eigenvalue weighted by atomic mass is 16.3. The summed E-state index contributed by atoms with van der Waals surface area (Å²) in [5.74, 6) is 0. The van der Waals surface area contributed by atoms with Gasteiger partial charge in [0, 0.05) is 44.1 Å². The van der Waals surface area contributed by atoms with Crippen LogP contribution in [0.25, 0.3) is 77.6 Å². The molecule has 3 aliphatic carbocycles. The number of hydrogen-bond donors (Lipinski definition) is 0. The SMILES string of the molecule is CC1(C)c2ccccc2-c2ccc(N(c3ccc(-c4ccc5c(c4)oc4ccccc45)cc3)c3ccc4c(c3)C(C)(C)c3cc5c(cc3-4)C(C)(C)c3ccc(-c4ccccc4)cc3-5)cc21. The van der Waals surface area contributed by atoms with E-state index in [-0.39, 0.29) is 16.2 Å². The van der Waals surface area contributed by atoms with Gasteiger partial charge in [0.1, 0.15) is 11.2 Å². The molecule has 312 valence electrons. The zero-order valence-corrected chi connectivity index (χ0v) is 37.8. The Morgan fingerprint density at radius 2 is 0.754 bits per heavy atom. The van der Waals surface area contributed by atoms with Crippen LogP contribution in [0.5, 0.6) is 0 Å². The normalized spacial score (nSPS) is 15.3. The number of hydrogen-bond acceptors (Lipinski definition) is 2. The van der Waals surface area contributed by atoms with Crippen LogP contribution in [0, 0.1) is 0 Å². The molecule has 2 nitrogen and oxygen atoms in total. The first-order chi connectivity index (χ1) is 31.5. The monoisotopic (exact) mass is 835 g/mol. The number of anilines is 3. The molecule has 0 radical (unpaired) electrons. The number of rotatable bonds is 5. The highest BCUT2D eigenvalue weighted by Crippen LogP contribution is 2.58. The van der Waals surface area contributed by atoms with Crippen LogP contribution >= 0.6 is 0 Å². The fourth-order valence-electron chi connectivity index (χ4n) is 11.9. The number of nitrogens with zero attached hydrogens (tertiary/aromatic N) is 1. The Balaban J connectivity index is 0.932. The Morgan fingerprint density at radius 1 is 0.292 bits per heavy atom. The standard InChI is InChI=1S/C63H49NO/c1-61(2)53-18-12-10-16-45(53)46-29-26-43(34-55(46)61)64(42-24-20-39(21-25-42)41-22-28-49-48-17-11-13-19-59(48)65-60(49)33-41)44-27-30-47-51-36-58-52(37-57(51)63(5,6)56(47)35-44)50-32-40(38-14-8-7-9-15-38)23-31-54(50)62(58,3)4/h7-37H,1-6H3. The number of para-hydroxylation sites is 1. The van der Waals surface area contributed by atoms with Gasteiger partial charge in [-0.2, -0.15) is 0 Å². The van der Waals surface area contributed by atoms with Crippen molar-refractivity contribution in [1.29, 1.82) is 0 Å². The fourth-order valence-corrected chi connectivity index (χ4v) is 11.9. The second-order valence-corrected chi connectivity index (χ2v) is 20.1. The third-order valence-electron chi connectivity index (χ3n) is 15.5. The summed E-state index contributed by atoms with van der Waals surface area (Å²) in [6.07, 6.45) is 0. The molecule has 0 saturated heterocycles. The molecule has 0 bridgehead atoms. The van der Waals surface area contributed by atoms with Gasteiger partial charge in [-0.3, -0.25) is 0 Å². The Labute approximate surface area is 381 Å². The van der Waals surface area contributed by atoms with Gasteiger partial charge in [-0.05, 0) is 162 Å². The van der Waals surface area contributed by atoms with E-state index < -0.39 is 0 Å². The molecule has 9 aromatic carbocycles. The molecule has 0 aliphatic heterocycles. The lowest BCUT2D eigenvalue weighted by Gasteiger charge is -2.30. The third kappa shape index (κ3) is 5.41. The van der Waals surface area contributed by atoms with E-state index >= 15 is 0 Å². The van der Waals surface area contributed by atoms with Gasteiger partial charge < -0.3 is 9.32 Å². The summed E-state index contributed by atoms with van der Waals surface area (Å²) in [7, 11) is 0. The zero-order valence-electron chi connectivity index (χ0n) is 37.8. The van der Waals surface area contributed by atoms with Crippen LogP contribution in [-0.4, -0.2) is 0 Å². The van der Waals surface area contributed by atoms with Crippen LogP contribution in [0.4, 0.5) is 17.1 Å². The van der Waals surface area contributed by atoms with Gasteiger partial charge in [0.2, 0.25) is 0 Å². The summed E-state index contributed by atoms with van der Waals surface area (Å²) in [6.45, 7) is 14.4. The largest absolute Gasteiger partial charge is 0.456 e. The first-order valence-electron chi connectivity index (χ1n) is 23.1. The van der Waals surface area contributed by atoms with Crippen molar-refractivity contribution in [1.82, 2.24) is 0 Å². The molecule has 1 aromatic heterocycles. The number of fused-ring (bicyclic) bond motifs is 12. The second-order valence-electron chi connectivity index (χ2n) is 20.1. The lowest BCUT2D eigenvalue weighted by molar-refractivity contribution is 0.652. The minimum atomic E-state index is -0.216. The van der Waals surface area contributed by atoms with Gasteiger partial charge in [-0.1, -0.05) is 157 Å². The Hall–Kier alpha value is -7.42. The van der Waals surface area contributed by atoms with Crippen molar-refractivity contribution >= 4 is 39.0 Å². The van der Waals surface area contributed by atoms with Crippen LogP contribution in [0.15, 0.2) is 192 Å². The van der Waals surface area contributed by atoms with Gasteiger partial charge >= 0.3 is 0 Å². The smallest absolute Gasteiger partial charge is 0.136 e. The van der Waals surface area contributed by atoms with E-state index in [9.17, 15) is 0 Å². The minimum absolute atomic E-state index is 0.108. The van der Waals surface area contributed by atoms with Crippen LogP contribution < -0.4 is 4.90 Å². The van der Waals surface area contributed by atoms with Crippen molar-refractivity contribution in [2.45, 2.75) is 57.8 Å². The minimum Gasteiger partial charge on any atom is -0.456 e. The van der Waals surface area contributed by atoms with E-state index in [1.807, 2.05) is 12.1 Å². The molecule has 0 atom stereocenters. The molecule has 0 fully saturated rings. The van der Waals surface area contributed by atoms with Crippen molar-refractivity contribution < 1.29 is 4.42 Å². The zero-order chi connectivity index (χ0) is 44.0. The predicted molar refractivity (Wildman–Crippen MR) is 272 cm³/mol. The molecule has 0 unspecified atom stereocenters. The third-order valence-corrected chi connectivity index (χ3v) is 15.5. The topological polar surface area (TPSA) is 16.4 Å². The second kappa shape index (κ2) is 13.3. The molecule has 13 rings (SSSR count). The summed E-state index contributed by atoms with van der Waals surface area (Å²) in [5.41, 5.74) is 26.0. The Bertz CT molecular complexity index is 3620. The summed E-state index contributed by atoms with van der Waals surface area (Å²) in [6, 6.07) is 70.2. The molecule has 65 heavy (non-hydrogen) atoms. The number of benzene rings is 9. The first kappa shape index (κ1) is 38.1. The summed E-state index contributed by atoms with van der Waals surface area (Å²) in [5, 5.41) is 2.29. The molecule has 3 aliphatic rings. The van der Waals surface area contributed by atoms with E-state index in [1.165, 1.54) is 77.9 Å². The van der Waals surface area contributed by atoms with Crippen LogP contribution in [0.1, 0.15) is 74.9 Å².